The zero-order chi connectivity index (χ0) is 32.3. The predicted molar refractivity (Wildman–Crippen MR) is 215 cm³/mol. The Morgan fingerprint density at radius 2 is 0.918 bits per heavy atom. The van der Waals surface area contributed by atoms with Crippen LogP contribution in [0.1, 0.15) is 0 Å². The van der Waals surface area contributed by atoms with Crippen LogP contribution in [-0.4, -0.2) is 0 Å². The summed E-state index contributed by atoms with van der Waals surface area (Å²) >= 11 is 3.74. The lowest BCUT2D eigenvalue weighted by atomic mass is 9.98. The normalized spacial score (nSPS) is 11.7. The van der Waals surface area contributed by atoms with Gasteiger partial charge >= 0.3 is 0 Å². The van der Waals surface area contributed by atoms with Crippen molar-refractivity contribution in [2.24, 2.45) is 0 Å². The van der Waals surface area contributed by atoms with Gasteiger partial charge in [0.15, 0.2) is 0 Å². The van der Waals surface area contributed by atoms with Gasteiger partial charge in [0.1, 0.15) is 0 Å². The first-order valence-corrected chi connectivity index (χ1v) is 18.2. The van der Waals surface area contributed by atoms with Gasteiger partial charge in [0.05, 0.1) is 11.4 Å². The van der Waals surface area contributed by atoms with Crippen molar-refractivity contribution >= 4 is 90.9 Å². The van der Waals surface area contributed by atoms with Crippen molar-refractivity contribution in [3.63, 3.8) is 0 Å². The van der Waals surface area contributed by atoms with Gasteiger partial charge in [0.2, 0.25) is 0 Å². The van der Waals surface area contributed by atoms with Crippen molar-refractivity contribution in [3.8, 4) is 22.3 Å². The minimum absolute atomic E-state index is 1.12. The fraction of sp³-hybridized carbons (Fsp3) is 0. The fourth-order valence-corrected chi connectivity index (χ4v) is 9.69. The number of nitrogens with zero attached hydrogens (tertiary/aromatic N) is 1. The number of benzene rings is 8. The van der Waals surface area contributed by atoms with E-state index in [0.29, 0.717) is 0 Å². The third-order valence-corrected chi connectivity index (χ3v) is 12.1. The minimum Gasteiger partial charge on any atom is -0.309 e. The molecule has 0 bridgehead atoms. The van der Waals surface area contributed by atoms with E-state index < -0.39 is 0 Å². The Labute approximate surface area is 292 Å². The van der Waals surface area contributed by atoms with Gasteiger partial charge < -0.3 is 4.90 Å². The fourth-order valence-electron chi connectivity index (χ4n) is 7.38. The van der Waals surface area contributed by atoms with Gasteiger partial charge in [-0.2, -0.15) is 0 Å². The monoisotopic (exact) mass is 659 g/mol. The van der Waals surface area contributed by atoms with Crippen molar-refractivity contribution in [2.45, 2.75) is 0 Å². The van der Waals surface area contributed by atoms with Gasteiger partial charge in [-0.1, -0.05) is 127 Å². The molecule has 0 radical (unpaired) electrons. The van der Waals surface area contributed by atoms with Crippen molar-refractivity contribution in [3.05, 3.63) is 176 Å². The van der Waals surface area contributed by atoms with Crippen LogP contribution in [0.15, 0.2) is 176 Å². The maximum atomic E-state index is 2.45. The van der Waals surface area contributed by atoms with Crippen molar-refractivity contribution < 1.29 is 0 Å². The third-order valence-electron chi connectivity index (χ3n) is 9.68. The number of thiophene rings is 2. The minimum atomic E-state index is 1.12. The summed E-state index contributed by atoms with van der Waals surface area (Å²) in [6, 6.07) is 64.4. The van der Waals surface area contributed by atoms with Crippen LogP contribution in [0.2, 0.25) is 0 Å². The maximum absolute atomic E-state index is 2.45. The summed E-state index contributed by atoms with van der Waals surface area (Å²) in [7, 11) is 0. The zero-order valence-electron chi connectivity index (χ0n) is 26.5. The van der Waals surface area contributed by atoms with E-state index in [1.165, 1.54) is 73.4 Å². The molecule has 0 fully saturated rings. The molecular weight excluding hydrogens is 631 g/mol. The van der Waals surface area contributed by atoms with E-state index in [9.17, 15) is 0 Å². The first kappa shape index (κ1) is 28.3. The van der Waals surface area contributed by atoms with E-state index in [4.69, 9.17) is 0 Å². The second-order valence-electron chi connectivity index (χ2n) is 12.5. The van der Waals surface area contributed by atoms with Gasteiger partial charge in [-0.15, -0.1) is 22.7 Å². The van der Waals surface area contributed by atoms with Gasteiger partial charge in [-0.25, -0.2) is 0 Å². The SMILES string of the molecule is c1ccc(N(c2ccc(-c3ccc4sc5ccccc5c4c3)cc2)c2cccc3ccccc23)c(-c2cccc3c2sc2ccccc23)c1. The molecule has 2 aromatic heterocycles. The van der Waals surface area contributed by atoms with E-state index in [0.717, 1.165) is 17.1 Å². The topological polar surface area (TPSA) is 3.24 Å². The van der Waals surface area contributed by atoms with Crippen LogP contribution in [0.25, 0.3) is 73.4 Å². The first-order valence-electron chi connectivity index (χ1n) is 16.6. The molecule has 0 amide bonds. The molecule has 0 unspecified atom stereocenters. The highest BCUT2D eigenvalue weighted by Gasteiger charge is 2.21. The largest absolute Gasteiger partial charge is 0.309 e. The average molecular weight is 660 g/mol. The lowest BCUT2D eigenvalue weighted by Crippen LogP contribution is -2.11. The molecule has 2 heterocycles. The summed E-state index contributed by atoms with van der Waals surface area (Å²) in [6.45, 7) is 0. The number of hydrogen-bond acceptors (Lipinski definition) is 3. The standard InChI is InChI=1S/C46H29NS2/c1-2-13-34-31(11-1)12-9-20-41(34)47(33-26-23-30(24-27-33)32-25-28-45-40(29-32)37-16-5-7-21-43(37)48-45)42-19-6-3-14-35(42)38-17-10-18-39-36-15-4-8-22-44(36)49-46(38)39/h1-29H. The highest BCUT2D eigenvalue weighted by atomic mass is 32.1. The van der Waals surface area contributed by atoms with Crippen LogP contribution in [0.4, 0.5) is 17.1 Å². The molecule has 0 aliphatic rings. The number of fused-ring (bicyclic) bond motifs is 7. The Hall–Kier alpha value is -5.74. The Morgan fingerprint density at radius 1 is 0.347 bits per heavy atom. The molecule has 8 aromatic carbocycles. The number of anilines is 3. The summed E-state index contributed by atoms with van der Waals surface area (Å²) in [4.78, 5) is 2.45. The van der Waals surface area contributed by atoms with Crippen LogP contribution >= 0.6 is 22.7 Å². The Bertz CT molecular complexity index is 2830. The molecular formula is C46H29NS2. The third kappa shape index (κ3) is 4.66. The molecule has 0 saturated carbocycles. The molecule has 0 spiro atoms. The predicted octanol–water partition coefficient (Wildman–Crippen LogP) is 14.4. The smallest absolute Gasteiger partial charge is 0.0540 e. The van der Waals surface area contributed by atoms with E-state index in [1.807, 2.05) is 22.7 Å². The molecule has 0 saturated heterocycles. The zero-order valence-corrected chi connectivity index (χ0v) is 28.1. The summed E-state index contributed by atoms with van der Waals surface area (Å²) in [6.07, 6.45) is 0. The van der Waals surface area contributed by atoms with Gasteiger partial charge in [0.25, 0.3) is 0 Å². The van der Waals surface area contributed by atoms with Crippen molar-refractivity contribution in [1.29, 1.82) is 0 Å². The van der Waals surface area contributed by atoms with Gasteiger partial charge in [0, 0.05) is 62.5 Å². The van der Waals surface area contributed by atoms with E-state index in [-0.39, 0.29) is 0 Å². The first-order chi connectivity index (χ1) is 24.3. The second kappa shape index (κ2) is 11.5. The number of hydrogen-bond donors (Lipinski definition) is 0. The molecule has 10 aromatic rings. The van der Waals surface area contributed by atoms with E-state index in [1.54, 1.807) is 0 Å². The molecule has 0 N–H and O–H groups in total. The van der Waals surface area contributed by atoms with Crippen LogP contribution in [0.3, 0.4) is 0 Å². The Balaban J connectivity index is 1.16. The second-order valence-corrected chi connectivity index (χ2v) is 14.6. The summed E-state index contributed by atoms with van der Waals surface area (Å²) < 4.78 is 5.30. The van der Waals surface area contributed by atoms with Crippen LogP contribution < -0.4 is 4.90 Å². The maximum Gasteiger partial charge on any atom is 0.0540 e. The van der Waals surface area contributed by atoms with Crippen LogP contribution in [0.5, 0.6) is 0 Å². The van der Waals surface area contributed by atoms with E-state index >= 15 is 0 Å². The lowest BCUT2D eigenvalue weighted by molar-refractivity contribution is 1.30. The van der Waals surface area contributed by atoms with Crippen LogP contribution in [-0.2, 0) is 0 Å². The molecule has 3 heteroatoms. The molecule has 49 heavy (non-hydrogen) atoms. The summed E-state index contributed by atoms with van der Waals surface area (Å²) in [5, 5.41) is 7.72. The van der Waals surface area contributed by atoms with Crippen molar-refractivity contribution in [1.82, 2.24) is 0 Å². The van der Waals surface area contributed by atoms with Crippen molar-refractivity contribution in [2.75, 3.05) is 4.90 Å². The molecule has 0 aliphatic carbocycles. The van der Waals surface area contributed by atoms with Crippen LogP contribution in [0, 0.1) is 0 Å². The highest BCUT2D eigenvalue weighted by Crippen LogP contribution is 2.47. The molecule has 0 aliphatic heterocycles. The Morgan fingerprint density at radius 3 is 1.78 bits per heavy atom. The van der Waals surface area contributed by atoms with E-state index in [2.05, 4.69) is 181 Å². The van der Waals surface area contributed by atoms with Gasteiger partial charge in [-0.05, 0) is 65.0 Å². The summed E-state index contributed by atoms with van der Waals surface area (Å²) in [5.74, 6) is 0. The summed E-state index contributed by atoms with van der Waals surface area (Å²) in [5.41, 5.74) is 8.35. The quantitative estimate of drug-likeness (QED) is 0.178. The average Bonchev–Trinajstić information content (AvgIpc) is 3.74. The van der Waals surface area contributed by atoms with Gasteiger partial charge in [-0.3, -0.25) is 0 Å². The highest BCUT2D eigenvalue weighted by molar-refractivity contribution is 7.26. The number of para-hydroxylation sites is 1. The molecule has 0 atom stereocenters. The number of rotatable bonds is 5. The molecule has 1 nitrogen and oxygen atoms in total. The lowest BCUT2D eigenvalue weighted by Gasteiger charge is -2.29. The Kier molecular flexibility index (Phi) is 6.61. The molecule has 230 valence electrons. The molecule has 10 rings (SSSR count).